The number of aromatic nitrogens is 2. The zero-order valence-electron chi connectivity index (χ0n) is 11.5. The Morgan fingerprint density at radius 2 is 1.94 bits per heavy atom. The molecule has 0 aromatic carbocycles. The predicted molar refractivity (Wildman–Crippen MR) is 67.3 cm³/mol. The van der Waals surface area contributed by atoms with Crippen molar-refractivity contribution in [1.82, 2.24) is 15.0 Å². The summed E-state index contributed by atoms with van der Waals surface area (Å²) in [6.07, 6.45) is 1.78. The van der Waals surface area contributed by atoms with E-state index in [1.165, 1.54) is 0 Å². The van der Waals surface area contributed by atoms with Crippen LogP contribution < -0.4 is 0 Å². The highest BCUT2D eigenvalue weighted by atomic mass is 16.5. The molecular weight excluding hydrogens is 234 g/mol. The van der Waals surface area contributed by atoms with Crippen LogP contribution in [-0.4, -0.2) is 55.6 Å². The van der Waals surface area contributed by atoms with E-state index in [-0.39, 0.29) is 0 Å². The third kappa shape index (κ3) is 5.57. The van der Waals surface area contributed by atoms with Crippen LogP contribution in [-0.2, 0) is 22.4 Å². The van der Waals surface area contributed by atoms with Gasteiger partial charge in [-0.1, -0.05) is 12.1 Å². The summed E-state index contributed by atoms with van der Waals surface area (Å²) in [6, 6.07) is 0. The molecular formula is C12H23N3O3. The molecule has 0 bridgehead atoms. The molecule has 0 aliphatic rings. The normalized spacial score (nSPS) is 11.3. The molecule has 0 spiro atoms. The van der Waals surface area contributed by atoms with Crippen LogP contribution >= 0.6 is 0 Å². The van der Waals surface area contributed by atoms with Crippen LogP contribution in [0.4, 0.5) is 0 Å². The van der Waals surface area contributed by atoms with Crippen LogP contribution in [0.15, 0.2) is 4.52 Å². The molecule has 0 unspecified atom stereocenters. The zero-order chi connectivity index (χ0) is 13.2. The van der Waals surface area contributed by atoms with Gasteiger partial charge in [-0.15, -0.1) is 0 Å². The SMILES string of the molecule is CCc1noc(CN(CCCOC)CCOC)n1. The van der Waals surface area contributed by atoms with E-state index in [1.54, 1.807) is 14.2 Å². The van der Waals surface area contributed by atoms with Crippen LogP contribution in [0, 0.1) is 0 Å². The van der Waals surface area contributed by atoms with E-state index in [2.05, 4.69) is 15.0 Å². The van der Waals surface area contributed by atoms with Crippen LogP contribution in [0.5, 0.6) is 0 Å². The molecule has 1 aromatic rings. The number of ether oxygens (including phenoxy) is 2. The second-order valence-corrected chi connectivity index (χ2v) is 4.07. The third-order valence-electron chi connectivity index (χ3n) is 2.62. The molecule has 6 nitrogen and oxygen atoms in total. The minimum Gasteiger partial charge on any atom is -0.385 e. The molecule has 0 fully saturated rings. The Morgan fingerprint density at radius 3 is 2.56 bits per heavy atom. The van der Waals surface area contributed by atoms with Crippen molar-refractivity contribution in [3.05, 3.63) is 11.7 Å². The highest BCUT2D eigenvalue weighted by Gasteiger charge is 2.11. The van der Waals surface area contributed by atoms with E-state index in [1.807, 2.05) is 6.92 Å². The van der Waals surface area contributed by atoms with Gasteiger partial charge >= 0.3 is 0 Å². The average molecular weight is 257 g/mol. The van der Waals surface area contributed by atoms with Crippen LogP contribution in [0.1, 0.15) is 25.1 Å². The molecule has 18 heavy (non-hydrogen) atoms. The second kappa shape index (κ2) is 9.02. The van der Waals surface area contributed by atoms with Gasteiger partial charge in [0.2, 0.25) is 5.89 Å². The van der Waals surface area contributed by atoms with E-state index in [0.717, 1.165) is 38.4 Å². The van der Waals surface area contributed by atoms with E-state index >= 15 is 0 Å². The van der Waals surface area contributed by atoms with Gasteiger partial charge in [-0.3, -0.25) is 4.90 Å². The lowest BCUT2D eigenvalue weighted by atomic mass is 10.3. The van der Waals surface area contributed by atoms with Gasteiger partial charge in [0, 0.05) is 40.3 Å². The number of hydrogen-bond acceptors (Lipinski definition) is 6. The minimum atomic E-state index is 0.667. The smallest absolute Gasteiger partial charge is 0.240 e. The van der Waals surface area contributed by atoms with Gasteiger partial charge in [0.25, 0.3) is 0 Å². The monoisotopic (exact) mass is 257 g/mol. The van der Waals surface area contributed by atoms with Crippen molar-refractivity contribution >= 4 is 0 Å². The second-order valence-electron chi connectivity index (χ2n) is 4.07. The first-order valence-corrected chi connectivity index (χ1v) is 6.31. The lowest BCUT2D eigenvalue weighted by molar-refractivity contribution is 0.122. The summed E-state index contributed by atoms with van der Waals surface area (Å²) < 4.78 is 15.4. The fraction of sp³-hybridized carbons (Fsp3) is 0.833. The van der Waals surface area contributed by atoms with Crippen molar-refractivity contribution in [2.45, 2.75) is 26.3 Å². The van der Waals surface area contributed by atoms with Crippen LogP contribution in [0.2, 0.25) is 0 Å². The molecule has 104 valence electrons. The molecule has 0 saturated heterocycles. The van der Waals surface area contributed by atoms with Gasteiger partial charge in [-0.05, 0) is 6.42 Å². The largest absolute Gasteiger partial charge is 0.385 e. The fourth-order valence-corrected chi connectivity index (χ4v) is 1.61. The number of rotatable bonds is 10. The van der Waals surface area contributed by atoms with Crippen LogP contribution in [0.3, 0.4) is 0 Å². The number of aryl methyl sites for hydroxylation is 1. The van der Waals surface area contributed by atoms with Gasteiger partial charge in [-0.25, -0.2) is 0 Å². The Hall–Kier alpha value is -0.980. The van der Waals surface area contributed by atoms with Crippen molar-refractivity contribution in [2.24, 2.45) is 0 Å². The summed E-state index contributed by atoms with van der Waals surface area (Å²) in [7, 11) is 3.42. The van der Waals surface area contributed by atoms with E-state index in [4.69, 9.17) is 14.0 Å². The maximum absolute atomic E-state index is 5.20. The van der Waals surface area contributed by atoms with Crippen molar-refractivity contribution in [1.29, 1.82) is 0 Å². The molecule has 1 heterocycles. The third-order valence-corrected chi connectivity index (χ3v) is 2.62. The van der Waals surface area contributed by atoms with Crippen LogP contribution in [0.25, 0.3) is 0 Å². The lowest BCUT2D eigenvalue weighted by Gasteiger charge is -2.19. The summed E-state index contributed by atoms with van der Waals surface area (Å²) in [6.45, 7) is 5.91. The summed E-state index contributed by atoms with van der Waals surface area (Å²) in [5.74, 6) is 1.42. The van der Waals surface area contributed by atoms with E-state index in [9.17, 15) is 0 Å². The summed E-state index contributed by atoms with van der Waals surface area (Å²) >= 11 is 0. The Kier molecular flexibility index (Phi) is 7.55. The molecule has 0 atom stereocenters. The number of methoxy groups -OCH3 is 2. The first-order chi connectivity index (χ1) is 8.80. The van der Waals surface area contributed by atoms with Gasteiger partial charge in [0.1, 0.15) is 0 Å². The van der Waals surface area contributed by atoms with Gasteiger partial charge in [0.05, 0.1) is 13.2 Å². The molecule has 6 heteroatoms. The highest BCUT2D eigenvalue weighted by Crippen LogP contribution is 2.04. The summed E-state index contributed by atoms with van der Waals surface area (Å²) in [5.41, 5.74) is 0. The molecule has 0 aliphatic heterocycles. The Bertz CT molecular complexity index is 317. The maximum Gasteiger partial charge on any atom is 0.240 e. The molecule has 1 rings (SSSR count). The Balaban J connectivity index is 2.42. The quantitative estimate of drug-likeness (QED) is 0.585. The molecule has 0 radical (unpaired) electrons. The summed E-state index contributed by atoms with van der Waals surface area (Å²) in [4.78, 5) is 6.54. The molecule has 0 aliphatic carbocycles. The number of hydrogen-bond donors (Lipinski definition) is 0. The van der Waals surface area contributed by atoms with E-state index in [0.29, 0.717) is 19.0 Å². The van der Waals surface area contributed by atoms with Gasteiger partial charge < -0.3 is 14.0 Å². The standard InChI is InChI=1S/C12H23N3O3/c1-4-11-13-12(18-14-11)10-15(7-9-17-3)6-5-8-16-2/h4-10H2,1-3H3. The number of nitrogens with zero attached hydrogens (tertiary/aromatic N) is 3. The molecule has 0 N–H and O–H groups in total. The Morgan fingerprint density at radius 1 is 1.17 bits per heavy atom. The Labute approximate surface area is 108 Å². The predicted octanol–water partition coefficient (Wildman–Crippen LogP) is 1.12. The molecule has 1 aromatic heterocycles. The zero-order valence-corrected chi connectivity index (χ0v) is 11.5. The minimum absolute atomic E-state index is 0.667. The fourth-order valence-electron chi connectivity index (χ4n) is 1.61. The maximum atomic E-state index is 5.20. The first-order valence-electron chi connectivity index (χ1n) is 6.31. The molecule has 0 saturated carbocycles. The lowest BCUT2D eigenvalue weighted by Crippen LogP contribution is -2.29. The van der Waals surface area contributed by atoms with Crippen molar-refractivity contribution in [3.63, 3.8) is 0 Å². The highest BCUT2D eigenvalue weighted by molar-refractivity contribution is 4.85. The van der Waals surface area contributed by atoms with Gasteiger partial charge in [-0.2, -0.15) is 4.98 Å². The first kappa shape index (κ1) is 15.1. The van der Waals surface area contributed by atoms with Gasteiger partial charge in [0.15, 0.2) is 5.82 Å². The van der Waals surface area contributed by atoms with Crippen molar-refractivity contribution in [2.75, 3.05) is 40.5 Å². The average Bonchev–Trinajstić information content (AvgIpc) is 2.83. The summed E-state index contributed by atoms with van der Waals surface area (Å²) in [5, 5.41) is 3.90. The van der Waals surface area contributed by atoms with Crippen molar-refractivity contribution < 1.29 is 14.0 Å². The van der Waals surface area contributed by atoms with E-state index < -0.39 is 0 Å². The van der Waals surface area contributed by atoms with Crippen molar-refractivity contribution in [3.8, 4) is 0 Å². The molecule has 0 amide bonds. The topological polar surface area (TPSA) is 60.6 Å².